The Morgan fingerprint density at radius 3 is 2.06 bits per heavy atom. The number of carbonyl (C=O) groups is 1. The fourth-order valence-electron chi connectivity index (χ4n) is 0.878. The van der Waals surface area contributed by atoms with Crippen LogP contribution in [0.5, 0.6) is 0 Å². The molecule has 0 bridgehead atoms. The topological polar surface area (TPSA) is 44.8 Å². The third-order valence-corrected chi connectivity index (χ3v) is 1.73. The Kier molecular flexibility index (Phi) is 6.05. The summed E-state index contributed by atoms with van der Waals surface area (Å²) in [7, 11) is 3.40. The molecule has 0 saturated heterocycles. The van der Waals surface area contributed by atoms with E-state index in [4.69, 9.17) is 0 Å². The number of halogens is 3. The van der Waals surface area contributed by atoms with Crippen molar-refractivity contribution in [3.05, 3.63) is 11.6 Å². The van der Waals surface area contributed by atoms with Crippen molar-refractivity contribution in [3.63, 3.8) is 0 Å². The molecule has 0 aliphatic rings. The van der Waals surface area contributed by atoms with Crippen molar-refractivity contribution >= 4 is 5.97 Å². The van der Waals surface area contributed by atoms with E-state index in [-0.39, 0.29) is 0 Å². The molecular formula is C9H13F3O4. The number of alkyl halides is 3. The Labute approximate surface area is 91.0 Å². The van der Waals surface area contributed by atoms with Crippen LogP contribution in [-0.2, 0) is 19.0 Å². The van der Waals surface area contributed by atoms with Crippen LogP contribution < -0.4 is 0 Å². The van der Waals surface area contributed by atoms with E-state index >= 15 is 0 Å². The highest BCUT2D eigenvalue weighted by atomic mass is 19.4. The summed E-state index contributed by atoms with van der Waals surface area (Å²) >= 11 is 0. The Hall–Kier alpha value is -1.08. The zero-order chi connectivity index (χ0) is 12.8. The van der Waals surface area contributed by atoms with Gasteiger partial charge in [-0.1, -0.05) is 0 Å². The van der Waals surface area contributed by atoms with Gasteiger partial charge in [-0.25, -0.2) is 0 Å². The largest absolute Gasteiger partial charge is 0.469 e. The molecule has 94 valence electrons. The summed E-state index contributed by atoms with van der Waals surface area (Å²) in [5.74, 6) is -0.977. The Morgan fingerprint density at radius 1 is 1.25 bits per heavy atom. The standard InChI is InChI=1S/C9H13F3O4/c1-14-7(13)4-6(9(10,11)12)5-8(15-2)16-3/h5,8H,4H2,1-3H3. The molecule has 0 aliphatic carbocycles. The number of rotatable bonds is 5. The van der Waals surface area contributed by atoms with Gasteiger partial charge in [0.05, 0.1) is 13.5 Å². The molecule has 0 N–H and O–H groups in total. The van der Waals surface area contributed by atoms with Gasteiger partial charge < -0.3 is 14.2 Å². The highest BCUT2D eigenvalue weighted by molar-refractivity contribution is 5.72. The van der Waals surface area contributed by atoms with Gasteiger partial charge in [-0.15, -0.1) is 0 Å². The first-order valence-corrected chi connectivity index (χ1v) is 4.25. The molecule has 0 aromatic rings. The molecule has 0 rings (SSSR count). The normalized spacial score (nSPS) is 13.1. The molecule has 7 heteroatoms. The lowest BCUT2D eigenvalue weighted by Gasteiger charge is -2.14. The van der Waals surface area contributed by atoms with Gasteiger partial charge in [0.25, 0.3) is 0 Å². The zero-order valence-electron chi connectivity index (χ0n) is 9.13. The molecule has 0 unspecified atom stereocenters. The van der Waals surface area contributed by atoms with Crippen molar-refractivity contribution in [3.8, 4) is 0 Å². The molecular weight excluding hydrogens is 229 g/mol. The number of ether oxygens (including phenoxy) is 3. The van der Waals surface area contributed by atoms with Crippen molar-refractivity contribution in [2.24, 2.45) is 0 Å². The minimum Gasteiger partial charge on any atom is -0.469 e. The van der Waals surface area contributed by atoms with Crippen LogP contribution in [0.25, 0.3) is 0 Å². The predicted molar refractivity (Wildman–Crippen MR) is 48.6 cm³/mol. The van der Waals surface area contributed by atoms with Crippen molar-refractivity contribution < 1.29 is 32.2 Å². The Morgan fingerprint density at radius 2 is 1.75 bits per heavy atom. The molecule has 0 amide bonds. The second-order valence-electron chi connectivity index (χ2n) is 2.78. The van der Waals surface area contributed by atoms with Gasteiger partial charge in [0.1, 0.15) is 0 Å². The lowest BCUT2D eigenvalue weighted by molar-refractivity contribution is -0.143. The van der Waals surface area contributed by atoms with Gasteiger partial charge >= 0.3 is 12.1 Å². The summed E-state index contributed by atoms with van der Waals surface area (Å²) in [5, 5.41) is 0. The van der Waals surface area contributed by atoms with E-state index in [1.165, 1.54) is 14.2 Å². The van der Waals surface area contributed by atoms with E-state index in [0.717, 1.165) is 7.11 Å². The molecule has 16 heavy (non-hydrogen) atoms. The first kappa shape index (κ1) is 14.9. The highest BCUT2D eigenvalue weighted by Crippen LogP contribution is 2.29. The van der Waals surface area contributed by atoms with Crippen LogP contribution in [0.4, 0.5) is 13.2 Å². The SMILES string of the molecule is COC(=O)CC(=CC(OC)OC)C(F)(F)F. The first-order chi connectivity index (χ1) is 7.35. The van der Waals surface area contributed by atoms with Gasteiger partial charge in [0.2, 0.25) is 0 Å². The van der Waals surface area contributed by atoms with Gasteiger partial charge in [-0.3, -0.25) is 4.79 Å². The lowest BCUT2D eigenvalue weighted by Crippen LogP contribution is -2.20. The molecule has 0 saturated carbocycles. The molecule has 0 aromatic carbocycles. The molecule has 0 aliphatic heterocycles. The van der Waals surface area contributed by atoms with Gasteiger partial charge in [-0.05, 0) is 6.08 Å². The van der Waals surface area contributed by atoms with Crippen molar-refractivity contribution in [1.82, 2.24) is 0 Å². The number of esters is 1. The maximum absolute atomic E-state index is 12.5. The minimum atomic E-state index is -4.62. The molecule has 0 fully saturated rings. The Bertz CT molecular complexity index is 256. The minimum absolute atomic E-state index is 0.691. The van der Waals surface area contributed by atoms with Crippen molar-refractivity contribution in [2.75, 3.05) is 21.3 Å². The average Bonchev–Trinajstić information content (AvgIpc) is 2.22. The maximum atomic E-state index is 12.5. The smallest absolute Gasteiger partial charge is 0.413 e. The number of hydrogen-bond acceptors (Lipinski definition) is 4. The fourth-order valence-corrected chi connectivity index (χ4v) is 0.878. The summed E-state index contributed by atoms with van der Waals surface area (Å²) in [5.41, 5.74) is -1.06. The zero-order valence-corrected chi connectivity index (χ0v) is 9.13. The van der Waals surface area contributed by atoms with Crippen LogP contribution in [0.15, 0.2) is 11.6 Å². The van der Waals surface area contributed by atoms with Crippen LogP contribution in [0.1, 0.15) is 6.42 Å². The highest BCUT2D eigenvalue weighted by Gasteiger charge is 2.35. The van der Waals surface area contributed by atoms with Gasteiger partial charge in [0.15, 0.2) is 6.29 Å². The number of carbonyl (C=O) groups excluding carboxylic acids is 1. The van der Waals surface area contributed by atoms with Crippen LogP contribution in [0.2, 0.25) is 0 Å². The average molecular weight is 242 g/mol. The predicted octanol–water partition coefficient (Wildman–Crippen LogP) is 1.66. The van der Waals surface area contributed by atoms with Crippen molar-refractivity contribution in [1.29, 1.82) is 0 Å². The molecule has 0 radical (unpaired) electrons. The first-order valence-electron chi connectivity index (χ1n) is 4.25. The second kappa shape index (κ2) is 6.49. The van der Waals surface area contributed by atoms with E-state index < -0.39 is 30.4 Å². The molecule has 0 heterocycles. The number of methoxy groups -OCH3 is 3. The van der Waals surface area contributed by atoms with E-state index in [1.54, 1.807) is 0 Å². The summed E-state index contributed by atoms with van der Waals surface area (Å²) in [4.78, 5) is 10.8. The van der Waals surface area contributed by atoms with Crippen LogP contribution in [0.3, 0.4) is 0 Å². The third kappa shape index (κ3) is 5.13. The van der Waals surface area contributed by atoms with E-state index in [0.29, 0.717) is 6.08 Å². The van der Waals surface area contributed by atoms with Crippen LogP contribution in [-0.4, -0.2) is 39.8 Å². The molecule has 0 spiro atoms. The van der Waals surface area contributed by atoms with Crippen LogP contribution >= 0.6 is 0 Å². The second-order valence-corrected chi connectivity index (χ2v) is 2.78. The fraction of sp³-hybridized carbons (Fsp3) is 0.667. The Balaban J connectivity index is 4.86. The summed E-state index contributed by atoms with van der Waals surface area (Å²) in [6, 6.07) is 0. The third-order valence-electron chi connectivity index (χ3n) is 1.73. The summed E-state index contributed by atoms with van der Waals surface area (Å²) < 4.78 is 50.7. The molecule has 0 atom stereocenters. The van der Waals surface area contributed by atoms with Gasteiger partial charge in [0, 0.05) is 19.8 Å². The quantitative estimate of drug-likeness (QED) is 0.418. The van der Waals surface area contributed by atoms with Crippen molar-refractivity contribution in [2.45, 2.75) is 18.9 Å². The van der Waals surface area contributed by atoms with E-state index in [1.807, 2.05) is 0 Å². The van der Waals surface area contributed by atoms with Crippen LogP contribution in [0, 0.1) is 0 Å². The van der Waals surface area contributed by atoms with E-state index in [9.17, 15) is 18.0 Å². The summed E-state index contributed by atoms with van der Waals surface area (Å²) in [6.45, 7) is 0. The number of hydrogen-bond donors (Lipinski definition) is 0. The van der Waals surface area contributed by atoms with Gasteiger partial charge in [-0.2, -0.15) is 13.2 Å². The summed E-state index contributed by atoms with van der Waals surface area (Å²) in [6.07, 6.45) is -5.95. The lowest BCUT2D eigenvalue weighted by atomic mass is 10.1. The molecule has 0 aromatic heterocycles. The van der Waals surface area contributed by atoms with E-state index in [2.05, 4.69) is 14.2 Å². The monoisotopic (exact) mass is 242 g/mol. The molecule has 4 nitrogen and oxygen atoms in total. The maximum Gasteiger partial charge on any atom is 0.413 e.